The molecule has 1 aliphatic rings. The van der Waals surface area contributed by atoms with Gasteiger partial charge in [0.1, 0.15) is 11.1 Å². The predicted molar refractivity (Wildman–Crippen MR) is 84.3 cm³/mol. The highest BCUT2D eigenvalue weighted by Gasteiger charge is 2.49. The summed E-state index contributed by atoms with van der Waals surface area (Å²) in [7, 11) is 4.73. The molecule has 0 bridgehead atoms. The molecule has 1 heterocycles. The molecule has 1 rings (SSSR count). The number of ether oxygens (including phenoxy) is 1. The van der Waals surface area contributed by atoms with E-state index in [1.807, 2.05) is 0 Å². The number of rotatable bonds is 2. The lowest BCUT2D eigenvalue weighted by atomic mass is 9.86. The molecule has 0 aliphatic carbocycles. The number of piperidine rings is 1. The van der Waals surface area contributed by atoms with Gasteiger partial charge in [0.15, 0.2) is 0 Å². The number of carboxylic acids is 1. The normalized spacial score (nSPS) is 17.4. The van der Waals surface area contributed by atoms with E-state index in [9.17, 15) is 19.5 Å². The molecule has 1 saturated heterocycles. The molecule has 1 fully saturated rings. The molecule has 8 heteroatoms. The van der Waals surface area contributed by atoms with Gasteiger partial charge in [-0.1, -0.05) is 0 Å². The maximum Gasteiger partial charge on any atom is 0.410 e. The van der Waals surface area contributed by atoms with E-state index < -0.39 is 23.2 Å². The van der Waals surface area contributed by atoms with E-state index in [0.717, 1.165) is 4.90 Å². The van der Waals surface area contributed by atoms with Crippen LogP contribution in [0.1, 0.15) is 33.6 Å². The second-order valence-corrected chi connectivity index (χ2v) is 7.04. The zero-order chi connectivity index (χ0) is 18.0. The van der Waals surface area contributed by atoms with Crippen molar-refractivity contribution in [2.75, 3.05) is 34.2 Å². The average molecular weight is 329 g/mol. The Morgan fingerprint density at radius 2 is 1.57 bits per heavy atom. The summed E-state index contributed by atoms with van der Waals surface area (Å²) >= 11 is 0. The average Bonchev–Trinajstić information content (AvgIpc) is 2.43. The van der Waals surface area contributed by atoms with Gasteiger partial charge in [0.2, 0.25) is 0 Å². The van der Waals surface area contributed by atoms with Crippen LogP contribution in [0.25, 0.3) is 0 Å². The molecule has 0 unspecified atom stereocenters. The van der Waals surface area contributed by atoms with Gasteiger partial charge < -0.3 is 19.6 Å². The van der Waals surface area contributed by atoms with Crippen LogP contribution in [0.4, 0.5) is 9.59 Å². The number of nitrogens with zero attached hydrogens (tertiary/aromatic N) is 3. The van der Waals surface area contributed by atoms with Gasteiger partial charge in [-0.3, -0.25) is 4.90 Å². The van der Waals surface area contributed by atoms with Gasteiger partial charge in [0, 0.05) is 34.2 Å². The number of amides is 3. The molecule has 0 radical (unpaired) electrons. The number of likely N-dealkylation sites (tertiary alicyclic amines) is 1. The van der Waals surface area contributed by atoms with Crippen LogP contribution >= 0.6 is 0 Å². The van der Waals surface area contributed by atoms with Crippen LogP contribution in [0.15, 0.2) is 0 Å². The van der Waals surface area contributed by atoms with Crippen molar-refractivity contribution in [1.29, 1.82) is 0 Å². The monoisotopic (exact) mass is 329 g/mol. The fourth-order valence-corrected chi connectivity index (χ4v) is 2.55. The van der Waals surface area contributed by atoms with Gasteiger partial charge in [-0.15, -0.1) is 0 Å². The van der Waals surface area contributed by atoms with Crippen LogP contribution in [0.5, 0.6) is 0 Å². The van der Waals surface area contributed by atoms with Gasteiger partial charge in [0.25, 0.3) is 0 Å². The third-order valence-corrected chi connectivity index (χ3v) is 3.95. The Morgan fingerprint density at radius 1 is 1.09 bits per heavy atom. The number of carbonyl (C=O) groups excluding carboxylic acids is 2. The van der Waals surface area contributed by atoms with Crippen LogP contribution in [0.2, 0.25) is 0 Å². The Kier molecular flexibility index (Phi) is 5.50. The summed E-state index contributed by atoms with van der Waals surface area (Å²) in [5.41, 5.74) is -2.06. The van der Waals surface area contributed by atoms with Crippen molar-refractivity contribution in [2.24, 2.45) is 0 Å². The standard InChI is InChI=1S/C15H27N3O5/c1-14(2,3)23-13(22)17(6)15(11(19)20)7-9-18(10-8-15)12(21)16(4)5/h7-10H2,1-6H3,(H,19,20). The second kappa shape index (κ2) is 6.64. The molecule has 8 nitrogen and oxygen atoms in total. The predicted octanol–water partition coefficient (Wildman–Crippen LogP) is 1.45. The van der Waals surface area contributed by atoms with Gasteiger partial charge in [-0.25, -0.2) is 14.4 Å². The lowest BCUT2D eigenvalue weighted by molar-refractivity contribution is -0.153. The minimum atomic E-state index is -1.36. The van der Waals surface area contributed by atoms with Gasteiger partial charge in [0.05, 0.1) is 0 Å². The first-order valence-corrected chi connectivity index (χ1v) is 7.57. The lowest BCUT2D eigenvalue weighted by Gasteiger charge is -2.44. The molecule has 0 atom stereocenters. The van der Waals surface area contributed by atoms with Crippen molar-refractivity contribution in [1.82, 2.24) is 14.7 Å². The number of likely N-dealkylation sites (N-methyl/N-ethyl adjacent to an activating group) is 1. The summed E-state index contributed by atoms with van der Waals surface area (Å²) < 4.78 is 5.28. The molecule has 0 saturated carbocycles. The first-order chi connectivity index (χ1) is 10.4. The van der Waals surface area contributed by atoms with Crippen LogP contribution in [0.3, 0.4) is 0 Å². The molecule has 0 aromatic heterocycles. The van der Waals surface area contributed by atoms with Crippen molar-refractivity contribution in [3.8, 4) is 0 Å². The SMILES string of the molecule is CN(C)C(=O)N1CCC(C(=O)O)(N(C)C(=O)OC(C)(C)C)CC1. The molecule has 1 N–H and O–H groups in total. The van der Waals surface area contributed by atoms with E-state index in [1.165, 1.54) is 11.9 Å². The van der Waals surface area contributed by atoms with Crippen LogP contribution in [-0.2, 0) is 9.53 Å². The molecule has 0 aromatic carbocycles. The summed E-state index contributed by atoms with van der Waals surface area (Å²) in [6, 6.07) is -0.163. The molecule has 3 amide bonds. The van der Waals surface area contributed by atoms with E-state index in [4.69, 9.17) is 4.74 Å². The fraction of sp³-hybridized carbons (Fsp3) is 0.800. The zero-order valence-corrected chi connectivity index (χ0v) is 14.8. The Labute approximate surface area is 137 Å². The highest BCUT2D eigenvalue weighted by molar-refractivity contribution is 5.85. The molecule has 0 spiro atoms. The van der Waals surface area contributed by atoms with Crippen molar-refractivity contribution in [2.45, 2.75) is 44.8 Å². The molecular weight excluding hydrogens is 302 g/mol. The first-order valence-electron chi connectivity index (χ1n) is 7.57. The number of carbonyl (C=O) groups is 3. The minimum Gasteiger partial charge on any atom is -0.479 e. The topological polar surface area (TPSA) is 90.4 Å². The number of carboxylic acid groups (broad SMARTS) is 1. The van der Waals surface area contributed by atoms with Crippen molar-refractivity contribution < 1.29 is 24.2 Å². The molecule has 23 heavy (non-hydrogen) atoms. The number of hydrogen-bond acceptors (Lipinski definition) is 4. The smallest absolute Gasteiger partial charge is 0.410 e. The summed E-state index contributed by atoms with van der Waals surface area (Å²) in [5.74, 6) is -1.08. The Balaban J connectivity index is 2.89. The first kappa shape index (κ1) is 19.1. The Morgan fingerprint density at radius 3 is 1.91 bits per heavy atom. The highest BCUT2D eigenvalue weighted by Crippen LogP contribution is 2.30. The van der Waals surface area contributed by atoms with E-state index in [0.29, 0.717) is 0 Å². The Hall–Kier alpha value is -1.99. The maximum atomic E-state index is 12.2. The van der Waals surface area contributed by atoms with E-state index in [1.54, 1.807) is 39.8 Å². The third kappa shape index (κ3) is 4.27. The third-order valence-electron chi connectivity index (χ3n) is 3.95. The summed E-state index contributed by atoms with van der Waals surface area (Å²) in [5, 5.41) is 9.68. The van der Waals surface area contributed by atoms with Gasteiger partial charge in [-0.2, -0.15) is 0 Å². The number of hydrogen-bond donors (Lipinski definition) is 1. The van der Waals surface area contributed by atoms with Crippen LogP contribution in [-0.4, -0.2) is 83.3 Å². The molecule has 0 aromatic rings. The van der Waals surface area contributed by atoms with Crippen molar-refractivity contribution in [3.05, 3.63) is 0 Å². The van der Waals surface area contributed by atoms with Gasteiger partial charge in [-0.05, 0) is 33.6 Å². The Bertz CT molecular complexity index is 476. The van der Waals surface area contributed by atoms with Crippen molar-refractivity contribution in [3.63, 3.8) is 0 Å². The summed E-state index contributed by atoms with van der Waals surface area (Å²) in [6.45, 7) is 5.73. The van der Waals surface area contributed by atoms with E-state index >= 15 is 0 Å². The summed E-state index contributed by atoms with van der Waals surface area (Å²) in [4.78, 5) is 40.2. The molecular formula is C15H27N3O5. The zero-order valence-electron chi connectivity index (χ0n) is 14.8. The van der Waals surface area contributed by atoms with E-state index in [-0.39, 0.29) is 32.0 Å². The summed E-state index contributed by atoms with van der Waals surface area (Å²) in [6.07, 6.45) is -0.345. The van der Waals surface area contributed by atoms with Crippen LogP contribution < -0.4 is 0 Å². The maximum absolute atomic E-state index is 12.2. The second-order valence-electron chi connectivity index (χ2n) is 7.04. The lowest BCUT2D eigenvalue weighted by Crippen LogP contribution is -2.62. The van der Waals surface area contributed by atoms with Gasteiger partial charge >= 0.3 is 18.1 Å². The highest BCUT2D eigenvalue weighted by atomic mass is 16.6. The van der Waals surface area contributed by atoms with Crippen molar-refractivity contribution >= 4 is 18.1 Å². The quantitative estimate of drug-likeness (QED) is 0.828. The van der Waals surface area contributed by atoms with E-state index in [2.05, 4.69) is 0 Å². The number of aliphatic carboxylic acids is 1. The molecule has 1 aliphatic heterocycles. The largest absolute Gasteiger partial charge is 0.479 e. The molecule has 132 valence electrons. The minimum absolute atomic E-state index is 0.163. The fourth-order valence-electron chi connectivity index (χ4n) is 2.55. The number of urea groups is 1. The van der Waals surface area contributed by atoms with Crippen LogP contribution in [0, 0.1) is 0 Å².